The number of carbonyl (C=O) groups excluding carboxylic acids is 2. The summed E-state index contributed by atoms with van der Waals surface area (Å²) in [5, 5.41) is 0. The third-order valence-corrected chi connectivity index (χ3v) is 7.27. The van der Waals surface area contributed by atoms with E-state index in [-0.39, 0.29) is 17.3 Å². The van der Waals surface area contributed by atoms with Crippen LogP contribution in [0, 0.1) is 5.92 Å². The van der Waals surface area contributed by atoms with Gasteiger partial charge < -0.3 is 9.80 Å². The van der Waals surface area contributed by atoms with Crippen LogP contribution in [0.5, 0.6) is 0 Å². The first-order chi connectivity index (χ1) is 13.9. The van der Waals surface area contributed by atoms with Gasteiger partial charge in [0.2, 0.25) is 15.9 Å². The van der Waals surface area contributed by atoms with E-state index in [0.29, 0.717) is 18.7 Å². The lowest BCUT2D eigenvalue weighted by Crippen LogP contribution is -2.48. The van der Waals surface area contributed by atoms with Crippen molar-refractivity contribution in [1.82, 2.24) is 4.90 Å². The fraction of sp³-hybridized carbons (Fsp3) is 0.333. The second kappa shape index (κ2) is 7.51. The Balaban J connectivity index is 1.43. The monoisotopic (exact) mass is 413 g/mol. The van der Waals surface area contributed by atoms with E-state index in [9.17, 15) is 18.0 Å². The van der Waals surface area contributed by atoms with Gasteiger partial charge in [-0.05, 0) is 36.4 Å². The van der Waals surface area contributed by atoms with Crippen molar-refractivity contribution in [2.45, 2.75) is 6.92 Å². The van der Waals surface area contributed by atoms with E-state index in [2.05, 4.69) is 17.0 Å². The van der Waals surface area contributed by atoms with Gasteiger partial charge in [-0.25, -0.2) is 12.7 Å². The molecule has 2 aromatic carbocycles. The second-order valence-electron chi connectivity index (χ2n) is 7.44. The van der Waals surface area contributed by atoms with Crippen molar-refractivity contribution in [2.75, 3.05) is 41.1 Å². The van der Waals surface area contributed by atoms with Crippen molar-refractivity contribution < 1.29 is 18.0 Å². The van der Waals surface area contributed by atoms with E-state index in [1.165, 1.54) is 12.1 Å². The Bertz CT molecular complexity index is 1010. The normalized spacial score (nSPS) is 21.5. The summed E-state index contributed by atoms with van der Waals surface area (Å²) in [6.45, 7) is 4.35. The molecule has 29 heavy (non-hydrogen) atoms. The molecule has 0 radical (unpaired) electrons. The number of piperazine rings is 1. The van der Waals surface area contributed by atoms with Crippen molar-refractivity contribution >= 4 is 33.2 Å². The summed E-state index contributed by atoms with van der Waals surface area (Å²) in [4.78, 5) is 29.1. The summed E-state index contributed by atoms with van der Waals surface area (Å²) in [6.07, 6.45) is 0. The Hall–Kier alpha value is -2.87. The SMILES string of the molecule is C[C@@H]1CS(=O)(=O)N(c2ccc(C(=O)N3CCN(c4ccccc4)CC3)cc2)C1=O. The van der Waals surface area contributed by atoms with Crippen LogP contribution >= 0.6 is 0 Å². The summed E-state index contributed by atoms with van der Waals surface area (Å²) in [7, 11) is -3.64. The van der Waals surface area contributed by atoms with Crippen LogP contribution < -0.4 is 9.21 Å². The van der Waals surface area contributed by atoms with Crippen molar-refractivity contribution in [3.8, 4) is 0 Å². The number of amides is 2. The highest BCUT2D eigenvalue weighted by molar-refractivity contribution is 7.94. The summed E-state index contributed by atoms with van der Waals surface area (Å²) < 4.78 is 25.3. The highest BCUT2D eigenvalue weighted by atomic mass is 32.2. The number of anilines is 2. The van der Waals surface area contributed by atoms with Gasteiger partial charge in [-0.15, -0.1) is 0 Å². The minimum Gasteiger partial charge on any atom is -0.368 e. The van der Waals surface area contributed by atoms with Crippen LogP contribution in [0.15, 0.2) is 54.6 Å². The van der Waals surface area contributed by atoms with Crippen molar-refractivity contribution in [2.24, 2.45) is 5.92 Å². The molecular formula is C21H23N3O4S. The summed E-state index contributed by atoms with van der Waals surface area (Å²) in [6, 6.07) is 16.3. The van der Waals surface area contributed by atoms with Crippen LogP contribution in [0.3, 0.4) is 0 Å². The average Bonchev–Trinajstić information content (AvgIpc) is 2.95. The maximum Gasteiger partial charge on any atom is 0.253 e. The quantitative estimate of drug-likeness (QED) is 0.769. The molecule has 152 valence electrons. The van der Waals surface area contributed by atoms with Gasteiger partial charge in [0, 0.05) is 37.4 Å². The number of sulfonamides is 1. The first-order valence-corrected chi connectivity index (χ1v) is 11.2. The van der Waals surface area contributed by atoms with Gasteiger partial charge in [0.25, 0.3) is 5.91 Å². The maximum absolute atomic E-state index is 12.8. The third-order valence-electron chi connectivity index (χ3n) is 5.40. The molecule has 2 amide bonds. The second-order valence-corrected chi connectivity index (χ2v) is 9.31. The number of carbonyl (C=O) groups is 2. The van der Waals surface area contributed by atoms with E-state index in [1.807, 2.05) is 18.2 Å². The third kappa shape index (κ3) is 3.72. The van der Waals surface area contributed by atoms with Crippen LogP contribution in [0.4, 0.5) is 11.4 Å². The van der Waals surface area contributed by atoms with Crippen LogP contribution in [0.1, 0.15) is 17.3 Å². The highest BCUT2D eigenvalue weighted by Crippen LogP contribution is 2.28. The molecule has 8 heteroatoms. The summed E-state index contributed by atoms with van der Waals surface area (Å²) in [5.74, 6) is -1.25. The fourth-order valence-corrected chi connectivity index (χ4v) is 5.64. The van der Waals surface area contributed by atoms with E-state index in [1.54, 1.807) is 24.0 Å². The van der Waals surface area contributed by atoms with Crippen LogP contribution in [-0.4, -0.2) is 57.1 Å². The van der Waals surface area contributed by atoms with Crippen molar-refractivity contribution in [1.29, 1.82) is 0 Å². The molecule has 0 aromatic heterocycles. The first kappa shape index (κ1) is 19.4. The molecule has 2 aromatic rings. The molecule has 7 nitrogen and oxygen atoms in total. The fourth-order valence-electron chi connectivity index (χ4n) is 3.82. The molecule has 2 fully saturated rings. The Labute approximate surface area is 170 Å². The van der Waals surface area contributed by atoms with E-state index >= 15 is 0 Å². The number of rotatable bonds is 3. The topological polar surface area (TPSA) is 78.0 Å². The average molecular weight is 413 g/mol. The van der Waals surface area contributed by atoms with E-state index in [4.69, 9.17) is 0 Å². The van der Waals surface area contributed by atoms with E-state index < -0.39 is 21.8 Å². The van der Waals surface area contributed by atoms with E-state index in [0.717, 1.165) is 23.1 Å². The number of nitrogens with zero attached hydrogens (tertiary/aromatic N) is 3. The number of para-hydroxylation sites is 1. The predicted molar refractivity (Wildman–Crippen MR) is 111 cm³/mol. The number of hydrogen-bond acceptors (Lipinski definition) is 5. The van der Waals surface area contributed by atoms with Crippen LogP contribution in [0.25, 0.3) is 0 Å². The minimum atomic E-state index is -3.64. The largest absolute Gasteiger partial charge is 0.368 e. The molecule has 0 saturated carbocycles. The lowest BCUT2D eigenvalue weighted by molar-refractivity contribution is -0.119. The van der Waals surface area contributed by atoms with Gasteiger partial charge in [-0.3, -0.25) is 9.59 Å². The Kier molecular flexibility index (Phi) is 5.04. The Morgan fingerprint density at radius 1 is 0.897 bits per heavy atom. The van der Waals surface area contributed by atoms with Crippen LogP contribution in [-0.2, 0) is 14.8 Å². The molecule has 2 heterocycles. The molecule has 0 bridgehead atoms. The van der Waals surface area contributed by atoms with Gasteiger partial charge in [0.1, 0.15) is 0 Å². The Morgan fingerprint density at radius 3 is 2.07 bits per heavy atom. The van der Waals surface area contributed by atoms with Crippen molar-refractivity contribution in [3.05, 3.63) is 60.2 Å². The smallest absolute Gasteiger partial charge is 0.253 e. The lowest BCUT2D eigenvalue weighted by Gasteiger charge is -2.36. The van der Waals surface area contributed by atoms with Gasteiger partial charge in [-0.1, -0.05) is 25.1 Å². The van der Waals surface area contributed by atoms with Gasteiger partial charge in [0.05, 0.1) is 17.4 Å². The standard InChI is InChI=1S/C21H23N3O4S/c1-16-15-29(27,28)24(20(16)25)19-9-7-17(8-10-19)21(26)23-13-11-22(12-14-23)18-5-3-2-4-6-18/h2-10,16H,11-15H2,1H3/t16-/m1/s1. The minimum absolute atomic E-state index is 0.0896. The number of benzene rings is 2. The molecule has 1 atom stereocenters. The first-order valence-electron chi connectivity index (χ1n) is 9.63. The maximum atomic E-state index is 12.8. The molecule has 4 rings (SSSR count). The van der Waals surface area contributed by atoms with Gasteiger partial charge in [0.15, 0.2) is 0 Å². The zero-order chi connectivity index (χ0) is 20.6. The van der Waals surface area contributed by atoms with Gasteiger partial charge in [-0.2, -0.15) is 0 Å². The van der Waals surface area contributed by atoms with Crippen LogP contribution in [0.2, 0.25) is 0 Å². The number of hydrogen-bond donors (Lipinski definition) is 0. The molecule has 0 unspecified atom stereocenters. The highest BCUT2D eigenvalue weighted by Gasteiger charge is 2.41. The van der Waals surface area contributed by atoms with Crippen molar-refractivity contribution in [3.63, 3.8) is 0 Å². The lowest BCUT2D eigenvalue weighted by atomic mass is 10.1. The zero-order valence-corrected chi connectivity index (χ0v) is 17.0. The molecule has 0 spiro atoms. The summed E-state index contributed by atoms with van der Waals surface area (Å²) in [5.41, 5.74) is 1.92. The molecule has 2 aliphatic rings. The molecular weight excluding hydrogens is 390 g/mol. The zero-order valence-electron chi connectivity index (χ0n) is 16.2. The van der Waals surface area contributed by atoms with Gasteiger partial charge >= 0.3 is 0 Å². The predicted octanol–water partition coefficient (Wildman–Crippen LogP) is 1.96. The molecule has 0 N–H and O–H groups in total. The molecule has 0 aliphatic carbocycles. The molecule has 2 saturated heterocycles. The Morgan fingerprint density at radius 2 is 1.52 bits per heavy atom. The summed E-state index contributed by atoms with van der Waals surface area (Å²) >= 11 is 0. The molecule has 2 aliphatic heterocycles.